The minimum absolute atomic E-state index is 0.0285. The number of hydrogen-bond acceptors (Lipinski definition) is 5. The number of ether oxygens (including phenoxy) is 1. The largest absolute Gasteiger partial charge is 0.477 e. The lowest BCUT2D eigenvalue weighted by molar-refractivity contribution is -0.132. The molecule has 0 bridgehead atoms. The average molecular weight is 488 g/mol. The van der Waals surface area contributed by atoms with Gasteiger partial charge in [0.05, 0.1) is 6.61 Å². The van der Waals surface area contributed by atoms with E-state index >= 15 is 0 Å². The minimum Gasteiger partial charge on any atom is -0.477 e. The number of carbonyl (C=O) groups excluding carboxylic acids is 1. The predicted molar refractivity (Wildman–Crippen MR) is 135 cm³/mol. The van der Waals surface area contributed by atoms with Crippen LogP contribution in [0, 0.1) is 0 Å². The van der Waals surface area contributed by atoms with Crippen molar-refractivity contribution in [3.05, 3.63) is 64.2 Å². The molecule has 1 aromatic heterocycles. The van der Waals surface area contributed by atoms with Gasteiger partial charge in [-0.2, -0.15) is 0 Å². The summed E-state index contributed by atoms with van der Waals surface area (Å²) in [5, 5.41) is 12.1. The Morgan fingerprint density at radius 2 is 1.65 bits per heavy atom. The SMILES string of the molecule is C[SiH](C)OCc1c(C=C(NC(=O)OCc2ccccc2)C(=O)O)oc(C(C)(C)C)c1C(C)(C)C. The summed E-state index contributed by atoms with van der Waals surface area (Å²) in [6.07, 6.45) is 0.487. The Morgan fingerprint density at radius 3 is 2.15 bits per heavy atom. The predicted octanol–water partition coefficient (Wildman–Crippen LogP) is 5.73. The normalized spacial score (nSPS) is 12.7. The highest BCUT2D eigenvalue weighted by Crippen LogP contribution is 2.41. The van der Waals surface area contributed by atoms with Crippen molar-refractivity contribution < 1.29 is 28.3 Å². The smallest absolute Gasteiger partial charge is 0.412 e. The number of amides is 1. The number of alkyl carbamates (subject to hydrolysis) is 1. The molecular weight excluding hydrogens is 450 g/mol. The lowest BCUT2D eigenvalue weighted by atomic mass is 9.78. The fourth-order valence-electron chi connectivity index (χ4n) is 3.47. The maximum absolute atomic E-state index is 12.3. The van der Waals surface area contributed by atoms with Crippen molar-refractivity contribution in [1.29, 1.82) is 0 Å². The standard InChI is InChI=1S/C26H37NO6Si/c1-25(2,3)21-18(16-32-34(7)8)20(33-22(21)26(4,5)6)14-19(23(28)29)27-24(30)31-15-17-12-10-9-11-13-17/h9-14,34H,15-16H2,1-8H3,(H,27,30)(H,28,29). The van der Waals surface area contributed by atoms with Gasteiger partial charge in [0.1, 0.15) is 23.8 Å². The maximum atomic E-state index is 12.3. The Labute approximate surface area is 203 Å². The summed E-state index contributed by atoms with van der Waals surface area (Å²) in [5.41, 5.74) is 1.68. The van der Waals surface area contributed by atoms with Gasteiger partial charge in [0.2, 0.25) is 0 Å². The molecule has 7 nitrogen and oxygen atoms in total. The molecule has 0 saturated carbocycles. The van der Waals surface area contributed by atoms with E-state index in [-0.39, 0.29) is 23.1 Å². The van der Waals surface area contributed by atoms with Crippen molar-refractivity contribution in [3.63, 3.8) is 0 Å². The molecule has 2 N–H and O–H groups in total. The molecule has 34 heavy (non-hydrogen) atoms. The molecule has 0 saturated heterocycles. The van der Waals surface area contributed by atoms with E-state index in [0.717, 1.165) is 22.5 Å². The van der Waals surface area contributed by atoms with E-state index < -0.39 is 21.1 Å². The molecule has 0 aliphatic heterocycles. The highest BCUT2D eigenvalue weighted by molar-refractivity contribution is 6.48. The van der Waals surface area contributed by atoms with Crippen LogP contribution in [0.15, 0.2) is 40.4 Å². The zero-order valence-electron chi connectivity index (χ0n) is 21.4. The first kappa shape index (κ1) is 27.4. The summed E-state index contributed by atoms with van der Waals surface area (Å²) in [7, 11) is -1.36. The fraction of sp³-hybridized carbons (Fsp3) is 0.462. The molecule has 0 atom stereocenters. The third-order valence-corrected chi connectivity index (χ3v) is 5.82. The summed E-state index contributed by atoms with van der Waals surface area (Å²) < 4.78 is 17.5. The van der Waals surface area contributed by atoms with Crippen LogP contribution in [0.1, 0.15) is 69.8 Å². The first-order valence-corrected chi connectivity index (χ1v) is 14.2. The van der Waals surface area contributed by atoms with Gasteiger partial charge in [0.15, 0.2) is 9.04 Å². The molecule has 0 fully saturated rings. The third-order valence-electron chi connectivity index (χ3n) is 4.99. The van der Waals surface area contributed by atoms with Crippen LogP contribution in [0.4, 0.5) is 4.79 Å². The quantitative estimate of drug-likeness (QED) is 0.365. The Kier molecular flexibility index (Phi) is 8.91. The Morgan fingerprint density at radius 1 is 1.03 bits per heavy atom. The second-order valence-corrected chi connectivity index (χ2v) is 13.0. The zero-order chi connectivity index (χ0) is 25.7. The van der Waals surface area contributed by atoms with Crippen LogP contribution in [0.2, 0.25) is 13.1 Å². The Balaban J connectivity index is 2.45. The first-order chi connectivity index (χ1) is 15.7. The molecule has 0 unspecified atom stereocenters. The number of benzene rings is 1. The average Bonchev–Trinajstić information content (AvgIpc) is 3.10. The van der Waals surface area contributed by atoms with E-state index in [0.29, 0.717) is 12.4 Å². The van der Waals surface area contributed by atoms with Gasteiger partial charge in [-0.1, -0.05) is 71.9 Å². The molecule has 2 aromatic rings. The molecule has 8 heteroatoms. The Bertz CT molecular complexity index is 1030. The minimum atomic E-state index is -1.36. The molecule has 0 aliphatic rings. The van der Waals surface area contributed by atoms with Gasteiger partial charge in [-0.05, 0) is 24.1 Å². The summed E-state index contributed by atoms with van der Waals surface area (Å²) >= 11 is 0. The second-order valence-electron chi connectivity index (χ2n) is 10.6. The first-order valence-electron chi connectivity index (χ1n) is 11.4. The highest BCUT2D eigenvalue weighted by Gasteiger charge is 2.34. The summed E-state index contributed by atoms with van der Waals surface area (Å²) in [6.45, 7) is 16.9. The van der Waals surface area contributed by atoms with Gasteiger partial charge >= 0.3 is 12.1 Å². The maximum Gasteiger partial charge on any atom is 0.412 e. The molecule has 1 heterocycles. The van der Waals surface area contributed by atoms with Gasteiger partial charge < -0.3 is 18.7 Å². The topological polar surface area (TPSA) is 98.0 Å². The third kappa shape index (κ3) is 7.60. The van der Waals surface area contributed by atoms with Crippen LogP contribution in [-0.2, 0) is 38.0 Å². The van der Waals surface area contributed by atoms with Crippen molar-refractivity contribution in [2.24, 2.45) is 0 Å². The summed E-state index contributed by atoms with van der Waals surface area (Å²) in [6, 6.07) is 9.16. The molecule has 1 aromatic carbocycles. The van der Waals surface area contributed by atoms with E-state index in [1.54, 1.807) is 0 Å². The molecule has 0 aliphatic carbocycles. The molecule has 0 spiro atoms. The lowest BCUT2D eigenvalue weighted by Gasteiger charge is -2.26. The van der Waals surface area contributed by atoms with Crippen LogP contribution in [0.25, 0.3) is 6.08 Å². The van der Waals surface area contributed by atoms with E-state index in [2.05, 4.69) is 39.2 Å². The monoisotopic (exact) mass is 487 g/mol. The van der Waals surface area contributed by atoms with Crippen LogP contribution in [-0.4, -0.2) is 26.2 Å². The number of aliphatic carboxylic acids is 1. The zero-order valence-corrected chi connectivity index (χ0v) is 22.6. The molecule has 186 valence electrons. The van der Waals surface area contributed by atoms with Gasteiger partial charge in [-0.25, -0.2) is 9.59 Å². The molecular formula is C26H37NO6Si. The van der Waals surface area contributed by atoms with Crippen molar-refractivity contribution in [2.45, 2.75) is 78.7 Å². The van der Waals surface area contributed by atoms with Gasteiger partial charge in [-0.15, -0.1) is 0 Å². The number of carbonyl (C=O) groups is 2. The molecule has 1 amide bonds. The summed E-state index contributed by atoms with van der Waals surface area (Å²) in [4.78, 5) is 24.3. The fourth-order valence-corrected chi connectivity index (χ4v) is 3.97. The van der Waals surface area contributed by atoms with Gasteiger partial charge in [0.25, 0.3) is 0 Å². The van der Waals surface area contributed by atoms with Crippen LogP contribution >= 0.6 is 0 Å². The van der Waals surface area contributed by atoms with Crippen molar-refractivity contribution >= 4 is 27.2 Å². The lowest BCUT2D eigenvalue weighted by Crippen LogP contribution is -2.27. The second kappa shape index (κ2) is 11.1. The van der Waals surface area contributed by atoms with E-state index in [4.69, 9.17) is 13.6 Å². The Hall–Kier alpha value is -2.84. The summed E-state index contributed by atoms with van der Waals surface area (Å²) in [5.74, 6) is -0.162. The van der Waals surface area contributed by atoms with E-state index in [9.17, 15) is 14.7 Å². The van der Waals surface area contributed by atoms with Crippen molar-refractivity contribution in [1.82, 2.24) is 5.32 Å². The van der Waals surface area contributed by atoms with Crippen LogP contribution in [0.3, 0.4) is 0 Å². The van der Waals surface area contributed by atoms with Crippen LogP contribution < -0.4 is 5.32 Å². The van der Waals surface area contributed by atoms with Crippen molar-refractivity contribution in [3.8, 4) is 0 Å². The number of carboxylic acids is 1. The number of rotatable bonds is 8. The van der Waals surface area contributed by atoms with Gasteiger partial charge in [-0.3, -0.25) is 5.32 Å². The van der Waals surface area contributed by atoms with Crippen LogP contribution in [0.5, 0.6) is 0 Å². The number of carboxylic acid groups (broad SMARTS) is 1. The number of furan rings is 1. The van der Waals surface area contributed by atoms with E-state index in [1.165, 1.54) is 6.08 Å². The molecule has 2 rings (SSSR count). The molecule has 0 radical (unpaired) electrons. The van der Waals surface area contributed by atoms with Crippen molar-refractivity contribution in [2.75, 3.05) is 0 Å². The highest BCUT2D eigenvalue weighted by atomic mass is 28.3. The number of hydrogen-bond donors (Lipinski definition) is 2. The number of nitrogens with one attached hydrogen (secondary N) is 1. The van der Waals surface area contributed by atoms with Gasteiger partial charge in [0, 0.05) is 22.6 Å². The van der Waals surface area contributed by atoms with E-state index in [1.807, 2.05) is 51.1 Å².